The topological polar surface area (TPSA) is 29.5 Å². The molecule has 4 heteroatoms. The van der Waals surface area contributed by atoms with Crippen molar-refractivity contribution in [2.45, 2.75) is 0 Å². The monoisotopic (exact) mass is 252 g/mol. The molecule has 0 saturated heterocycles. The van der Waals surface area contributed by atoms with Gasteiger partial charge in [-0.15, -0.1) is 0 Å². The van der Waals surface area contributed by atoms with Crippen molar-refractivity contribution in [2.24, 2.45) is 0 Å². The van der Waals surface area contributed by atoms with Gasteiger partial charge in [-0.25, -0.2) is 4.39 Å². The summed E-state index contributed by atoms with van der Waals surface area (Å²) in [5, 5.41) is 9.65. The van der Waals surface area contributed by atoms with Gasteiger partial charge in [0.15, 0.2) is 0 Å². The van der Waals surface area contributed by atoms with E-state index in [1.165, 1.54) is 6.07 Å². The number of methoxy groups -OCH3 is 1. The lowest BCUT2D eigenvalue weighted by Gasteiger charge is -2.07. The Kier molecular flexibility index (Phi) is 3.20. The molecule has 2 aromatic rings. The summed E-state index contributed by atoms with van der Waals surface area (Å²) in [6, 6.07) is 9.44. The van der Waals surface area contributed by atoms with E-state index in [9.17, 15) is 9.50 Å². The predicted octanol–water partition coefficient (Wildman–Crippen LogP) is 3.86. The van der Waals surface area contributed by atoms with Gasteiger partial charge in [0.2, 0.25) is 0 Å². The molecule has 0 radical (unpaired) electrons. The van der Waals surface area contributed by atoms with Gasteiger partial charge in [0.25, 0.3) is 0 Å². The number of ether oxygens (including phenoxy) is 1. The highest BCUT2D eigenvalue weighted by Crippen LogP contribution is 2.34. The van der Waals surface area contributed by atoms with Gasteiger partial charge in [0.05, 0.1) is 12.1 Å². The fourth-order valence-electron chi connectivity index (χ4n) is 1.54. The summed E-state index contributed by atoms with van der Waals surface area (Å²) < 4.78 is 18.1. The number of phenolic OH excluding ortho intramolecular Hbond substituents is 1. The van der Waals surface area contributed by atoms with E-state index in [1.807, 2.05) is 0 Å². The van der Waals surface area contributed by atoms with E-state index in [2.05, 4.69) is 0 Å². The number of aromatic hydroxyl groups is 1. The Labute approximate surface area is 103 Å². The molecule has 0 aromatic heterocycles. The maximum absolute atomic E-state index is 13.1. The third-order valence-electron chi connectivity index (χ3n) is 2.44. The summed E-state index contributed by atoms with van der Waals surface area (Å²) in [6.07, 6.45) is 0. The molecule has 0 heterocycles. The first-order valence-corrected chi connectivity index (χ1v) is 5.32. The first kappa shape index (κ1) is 11.7. The minimum Gasteiger partial charge on any atom is -0.507 e. The molecule has 0 aliphatic carbocycles. The molecule has 0 atom stereocenters. The van der Waals surface area contributed by atoms with Crippen LogP contribution in [0.15, 0.2) is 36.4 Å². The van der Waals surface area contributed by atoms with Crippen LogP contribution in [-0.2, 0) is 0 Å². The summed E-state index contributed by atoms with van der Waals surface area (Å²) in [5.74, 6) is -0.0695. The van der Waals surface area contributed by atoms with Crippen LogP contribution in [0.3, 0.4) is 0 Å². The SMILES string of the molecule is COc1ccc(-c2cc(Cl)c(F)cc2O)cc1. The van der Waals surface area contributed by atoms with Crippen LogP contribution in [0, 0.1) is 5.82 Å². The number of benzene rings is 2. The molecular weight excluding hydrogens is 243 g/mol. The molecule has 0 aliphatic rings. The van der Waals surface area contributed by atoms with Crippen molar-refractivity contribution in [1.82, 2.24) is 0 Å². The number of halogens is 2. The summed E-state index contributed by atoms with van der Waals surface area (Å²) in [7, 11) is 1.57. The van der Waals surface area contributed by atoms with Crippen molar-refractivity contribution in [2.75, 3.05) is 7.11 Å². The Morgan fingerprint density at radius 1 is 1.18 bits per heavy atom. The van der Waals surface area contributed by atoms with Crippen molar-refractivity contribution in [3.05, 3.63) is 47.2 Å². The van der Waals surface area contributed by atoms with E-state index < -0.39 is 5.82 Å². The van der Waals surface area contributed by atoms with Crippen molar-refractivity contribution in [1.29, 1.82) is 0 Å². The van der Waals surface area contributed by atoms with Crippen LogP contribution in [0.2, 0.25) is 5.02 Å². The molecule has 17 heavy (non-hydrogen) atoms. The van der Waals surface area contributed by atoms with Crippen LogP contribution in [0.5, 0.6) is 11.5 Å². The highest BCUT2D eigenvalue weighted by atomic mass is 35.5. The molecule has 0 saturated carbocycles. The van der Waals surface area contributed by atoms with Gasteiger partial charge >= 0.3 is 0 Å². The van der Waals surface area contributed by atoms with Crippen LogP contribution >= 0.6 is 11.6 Å². The Hall–Kier alpha value is -1.74. The number of hydrogen-bond acceptors (Lipinski definition) is 2. The molecule has 88 valence electrons. The van der Waals surface area contributed by atoms with E-state index in [4.69, 9.17) is 16.3 Å². The Balaban J connectivity index is 2.48. The highest BCUT2D eigenvalue weighted by Gasteiger charge is 2.09. The Morgan fingerprint density at radius 3 is 2.41 bits per heavy atom. The minimum absolute atomic E-state index is 0.0198. The molecule has 0 fully saturated rings. The van der Waals surface area contributed by atoms with Gasteiger partial charge in [-0.05, 0) is 23.8 Å². The normalized spacial score (nSPS) is 10.3. The lowest BCUT2D eigenvalue weighted by molar-refractivity contribution is 0.415. The van der Waals surface area contributed by atoms with Crippen LogP contribution in [-0.4, -0.2) is 12.2 Å². The van der Waals surface area contributed by atoms with Crippen molar-refractivity contribution in [3.63, 3.8) is 0 Å². The van der Waals surface area contributed by atoms with Crippen LogP contribution < -0.4 is 4.74 Å². The third kappa shape index (κ3) is 2.34. The van der Waals surface area contributed by atoms with Crippen LogP contribution in [0.1, 0.15) is 0 Å². The summed E-state index contributed by atoms with van der Waals surface area (Å²) in [4.78, 5) is 0. The van der Waals surface area contributed by atoms with E-state index in [0.717, 1.165) is 11.6 Å². The summed E-state index contributed by atoms with van der Waals surface area (Å²) in [6.45, 7) is 0. The van der Waals surface area contributed by atoms with E-state index in [0.29, 0.717) is 11.3 Å². The minimum atomic E-state index is -0.638. The second-order valence-corrected chi connectivity index (χ2v) is 3.92. The fraction of sp³-hybridized carbons (Fsp3) is 0.0769. The number of phenols is 1. The van der Waals surface area contributed by atoms with Gasteiger partial charge < -0.3 is 9.84 Å². The molecule has 1 N–H and O–H groups in total. The van der Waals surface area contributed by atoms with Gasteiger partial charge in [-0.1, -0.05) is 23.7 Å². The van der Waals surface area contributed by atoms with Gasteiger partial charge in [-0.2, -0.15) is 0 Å². The molecule has 2 nitrogen and oxygen atoms in total. The van der Waals surface area contributed by atoms with E-state index >= 15 is 0 Å². The second-order valence-electron chi connectivity index (χ2n) is 3.51. The largest absolute Gasteiger partial charge is 0.507 e. The molecule has 0 bridgehead atoms. The lowest BCUT2D eigenvalue weighted by atomic mass is 10.0. The molecule has 2 aromatic carbocycles. The smallest absolute Gasteiger partial charge is 0.145 e. The quantitative estimate of drug-likeness (QED) is 0.879. The molecule has 0 unspecified atom stereocenters. The Morgan fingerprint density at radius 2 is 1.82 bits per heavy atom. The first-order chi connectivity index (χ1) is 8.11. The first-order valence-electron chi connectivity index (χ1n) is 4.94. The highest BCUT2D eigenvalue weighted by molar-refractivity contribution is 6.31. The van der Waals surface area contributed by atoms with Crippen molar-refractivity contribution < 1.29 is 14.2 Å². The van der Waals surface area contributed by atoms with Crippen molar-refractivity contribution >= 4 is 11.6 Å². The zero-order valence-corrected chi connectivity index (χ0v) is 9.83. The van der Waals surface area contributed by atoms with E-state index in [-0.39, 0.29) is 10.8 Å². The lowest BCUT2D eigenvalue weighted by Crippen LogP contribution is -1.85. The second kappa shape index (κ2) is 4.63. The summed E-state index contributed by atoms with van der Waals surface area (Å²) in [5.41, 5.74) is 1.23. The molecular formula is C13H10ClFO2. The van der Waals surface area contributed by atoms with Gasteiger partial charge in [0, 0.05) is 11.6 Å². The van der Waals surface area contributed by atoms with E-state index in [1.54, 1.807) is 31.4 Å². The van der Waals surface area contributed by atoms with Gasteiger partial charge in [-0.3, -0.25) is 0 Å². The Bertz CT molecular complexity index is 538. The molecule has 2 rings (SSSR count). The predicted molar refractivity (Wildman–Crippen MR) is 65.1 cm³/mol. The average molecular weight is 253 g/mol. The standard InChI is InChI=1S/C13H10ClFO2/c1-17-9-4-2-8(3-5-9)10-6-11(14)12(15)7-13(10)16/h2-7,16H,1H3. The molecule has 0 aliphatic heterocycles. The van der Waals surface area contributed by atoms with Crippen molar-refractivity contribution in [3.8, 4) is 22.6 Å². The van der Waals surface area contributed by atoms with Crippen LogP contribution in [0.4, 0.5) is 4.39 Å². The zero-order chi connectivity index (χ0) is 12.4. The zero-order valence-electron chi connectivity index (χ0n) is 9.08. The third-order valence-corrected chi connectivity index (χ3v) is 2.73. The molecule has 0 amide bonds. The molecule has 0 spiro atoms. The maximum atomic E-state index is 13.1. The van der Waals surface area contributed by atoms with Gasteiger partial charge in [0.1, 0.15) is 17.3 Å². The fourth-order valence-corrected chi connectivity index (χ4v) is 1.70. The summed E-state index contributed by atoms with van der Waals surface area (Å²) >= 11 is 5.68. The maximum Gasteiger partial charge on any atom is 0.145 e. The number of rotatable bonds is 2. The average Bonchev–Trinajstić information content (AvgIpc) is 2.34. The number of hydrogen-bond donors (Lipinski definition) is 1. The van der Waals surface area contributed by atoms with Crippen LogP contribution in [0.25, 0.3) is 11.1 Å².